The topological polar surface area (TPSA) is 108 Å². The average Bonchev–Trinajstić information content (AvgIpc) is 2.47. The second kappa shape index (κ2) is 10.2. The summed E-state index contributed by atoms with van der Waals surface area (Å²) in [5, 5.41) is 9.38. The molecule has 0 amide bonds. The Kier molecular flexibility index (Phi) is 9.91. The zero-order chi connectivity index (χ0) is 14.3. The molecule has 1 fully saturated rings. The summed E-state index contributed by atoms with van der Waals surface area (Å²) in [5.41, 5.74) is 16.2. The summed E-state index contributed by atoms with van der Waals surface area (Å²) in [6.45, 7) is 0.669. The summed E-state index contributed by atoms with van der Waals surface area (Å²) in [5.74, 6) is 1.16. The quantitative estimate of drug-likeness (QED) is 0.287. The molecule has 0 aromatic heterocycles. The van der Waals surface area contributed by atoms with E-state index in [9.17, 15) is 5.11 Å². The van der Waals surface area contributed by atoms with Gasteiger partial charge in [-0.3, -0.25) is 7.05 Å². The standard InChI is InChI=1S/C13H19N2O2.CH4N.U/c14-12-10(16)6-7-11(13(12)15)17-8-9-4-2-1-3-5-9;1-2;/h1,6-7,9,16H,2-5,8,14-15H2;1-2H2;/q2*-1;+2. The molecule has 0 spiro atoms. The van der Waals surface area contributed by atoms with Crippen LogP contribution in [0, 0.1) is 50.5 Å². The molecule has 0 aliphatic heterocycles. The minimum Gasteiger partial charge on any atom is -0.506 e. The molecule has 6 heteroatoms. The van der Waals surface area contributed by atoms with Gasteiger partial charge in [0.05, 0.1) is 6.61 Å². The number of anilines is 2. The van der Waals surface area contributed by atoms with E-state index < -0.39 is 0 Å². The van der Waals surface area contributed by atoms with Crippen LogP contribution in [-0.4, -0.2) is 11.7 Å². The monoisotopic (exact) mass is 503 g/mol. The molecule has 1 aliphatic rings. The molecule has 0 saturated heterocycles. The molecule has 0 bridgehead atoms. The molecule has 20 heavy (non-hydrogen) atoms. The van der Waals surface area contributed by atoms with E-state index >= 15 is 0 Å². The molecule has 1 aromatic carbocycles. The van der Waals surface area contributed by atoms with Crippen LogP contribution in [0.25, 0.3) is 0 Å². The van der Waals surface area contributed by atoms with Gasteiger partial charge in [0.1, 0.15) is 22.9 Å². The summed E-state index contributed by atoms with van der Waals surface area (Å²) < 4.78 is 5.68. The van der Waals surface area contributed by atoms with Gasteiger partial charge in [0.25, 0.3) is 0 Å². The number of rotatable bonds is 3. The van der Waals surface area contributed by atoms with Gasteiger partial charge in [-0.05, 0) is 18.1 Å². The van der Waals surface area contributed by atoms with E-state index in [1.54, 1.807) is 6.07 Å². The Morgan fingerprint density at radius 3 is 2.40 bits per heavy atom. The Labute approximate surface area is 144 Å². The Morgan fingerprint density at radius 2 is 1.80 bits per heavy atom. The third kappa shape index (κ3) is 5.43. The molecule has 1 saturated carbocycles. The molecule has 0 atom stereocenters. The first kappa shape index (κ1) is 19.4. The van der Waals surface area contributed by atoms with Gasteiger partial charge >= 0.3 is 31.1 Å². The summed E-state index contributed by atoms with van der Waals surface area (Å²) in [4.78, 5) is 0. The zero-order valence-electron chi connectivity index (χ0n) is 11.6. The molecule has 2 rings (SSSR count). The van der Waals surface area contributed by atoms with E-state index in [0.717, 1.165) is 0 Å². The summed E-state index contributed by atoms with van der Waals surface area (Å²) in [6.07, 6.45) is 7.01. The molecule has 0 radical (unpaired) electrons. The maximum Gasteiger partial charge on any atom is 2.00 e. The predicted molar refractivity (Wildman–Crippen MR) is 78.2 cm³/mol. The molecular weight excluding hydrogens is 480 g/mol. The Morgan fingerprint density at radius 1 is 1.20 bits per heavy atom. The molecule has 5 nitrogen and oxygen atoms in total. The number of phenolic OH excluding ortho intramolecular Hbond substituents is 1. The van der Waals surface area contributed by atoms with Crippen molar-refractivity contribution in [2.24, 2.45) is 11.7 Å². The Bertz CT molecular complexity index is 396. The number of ether oxygens (including phenoxy) is 1. The second-order valence-electron chi connectivity index (χ2n) is 4.53. The van der Waals surface area contributed by atoms with Crippen molar-refractivity contribution in [1.82, 2.24) is 0 Å². The zero-order valence-corrected chi connectivity index (χ0v) is 15.8. The van der Waals surface area contributed by atoms with Crippen molar-refractivity contribution in [1.29, 1.82) is 0 Å². The first-order chi connectivity index (χ1) is 9.18. The Hall–Kier alpha value is -0.568. The van der Waals surface area contributed by atoms with Gasteiger partial charge in [0, 0.05) is 0 Å². The number of hydrogen-bond acceptors (Lipinski definition) is 5. The molecule has 1 aliphatic carbocycles. The van der Waals surface area contributed by atoms with E-state index in [1.165, 1.54) is 31.7 Å². The fourth-order valence-corrected chi connectivity index (χ4v) is 2.10. The van der Waals surface area contributed by atoms with Gasteiger partial charge < -0.3 is 33.5 Å². The fourth-order valence-electron chi connectivity index (χ4n) is 2.10. The van der Waals surface area contributed by atoms with Gasteiger partial charge in [-0.2, -0.15) is 12.8 Å². The van der Waals surface area contributed by atoms with E-state index in [0.29, 0.717) is 24.0 Å². The summed E-state index contributed by atoms with van der Waals surface area (Å²) in [6, 6.07) is 3.17. The van der Waals surface area contributed by atoms with Crippen molar-refractivity contribution < 1.29 is 41.0 Å². The number of aromatic hydroxyl groups is 1. The third-order valence-electron chi connectivity index (χ3n) is 3.26. The Balaban J connectivity index is 0.00000115. The van der Waals surface area contributed by atoms with Crippen LogP contribution in [0.15, 0.2) is 12.1 Å². The normalized spacial score (nSPS) is 14.7. The van der Waals surface area contributed by atoms with Crippen LogP contribution in [0.5, 0.6) is 11.5 Å². The van der Waals surface area contributed by atoms with Gasteiger partial charge in [0.2, 0.25) is 0 Å². The number of nitrogen functional groups attached to an aromatic ring is 2. The first-order valence-electron chi connectivity index (χ1n) is 6.40. The maximum absolute atomic E-state index is 9.38. The number of phenols is 1. The van der Waals surface area contributed by atoms with Crippen molar-refractivity contribution in [3.8, 4) is 11.5 Å². The van der Waals surface area contributed by atoms with Gasteiger partial charge in [0.15, 0.2) is 0 Å². The largest absolute Gasteiger partial charge is 2.00 e. The van der Waals surface area contributed by atoms with E-state index in [4.69, 9.17) is 16.2 Å². The molecular formula is C14H23N3O2U. The van der Waals surface area contributed by atoms with Crippen LogP contribution < -0.4 is 21.9 Å². The number of benzene rings is 1. The van der Waals surface area contributed by atoms with Crippen LogP contribution in [-0.2, 0) is 0 Å². The van der Waals surface area contributed by atoms with Gasteiger partial charge in [-0.15, -0.1) is 0 Å². The van der Waals surface area contributed by atoms with Crippen molar-refractivity contribution in [2.45, 2.75) is 25.7 Å². The van der Waals surface area contributed by atoms with E-state index in [1.807, 2.05) is 0 Å². The van der Waals surface area contributed by atoms with E-state index in [2.05, 4.69) is 19.2 Å². The van der Waals surface area contributed by atoms with E-state index in [-0.39, 0.29) is 42.6 Å². The van der Waals surface area contributed by atoms with Crippen LogP contribution in [0.1, 0.15) is 25.7 Å². The van der Waals surface area contributed by atoms with Gasteiger partial charge in [-0.25, -0.2) is 0 Å². The molecule has 0 heterocycles. The van der Waals surface area contributed by atoms with Crippen molar-refractivity contribution in [3.63, 3.8) is 0 Å². The number of hydrogen-bond donors (Lipinski definition) is 4. The predicted octanol–water partition coefficient (Wildman–Crippen LogP) is 2.07. The fraction of sp³-hybridized carbons (Fsp3) is 0.429. The maximum atomic E-state index is 9.38. The first-order valence-corrected chi connectivity index (χ1v) is 6.40. The summed E-state index contributed by atoms with van der Waals surface area (Å²) >= 11 is 0. The number of nitrogens with two attached hydrogens (primary N) is 3. The van der Waals surface area contributed by atoms with Crippen LogP contribution >= 0.6 is 0 Å². The van der Waals surface area contributed by atoms with Crippen LogP contribution in [0.4, 0.5) is 11.4 Å². The minimum atomic E-state index is 0. The average molecular weight is 503 g/mol. The van der Waals surface area contributed by atoms with Crippen LogP contribution in [0.2, 0.25) is 0 Å². The second-order valence-corrected chi connectivity index (χ2v) is 4.53. The van der Waals surface area contributed by atoms with Crippen molar-refractivity contribution in [3.05, 3.63) is 25.6 Å². The minimum absolute atomic E-state index is 0. The smallest absolute Gasteiger partial charge is 0.506 e. The van der Waals surface area contributed by atoms with Gasteiger partial charge in [-0.1, -0.05) is 12.8 Å². The summed E-state index contributed by atoms with van der Waals surface area (Å²) in [7, 11) is 2.75. The molecule has 110 valence electrons. The van der Waals surface area contributed by atoms with Crippen LogP contribution in [0.3, 0.4) is 0 Å². The molecule has 7 N–H and O–H groups in total. The van der Waals surface area contributed by atoms with Crippen molar-refractivity contribution in [2.75, 3.05) is 18.1 Å². The third-order valence-corrected chi connectivity index (χ3v) is 3.26. The molecule has 0 unspecified atom stereocenters. The van der Waals surface area contributed by atoms with Crippen molar-refractivity contribution >= 4 is 11.4 Å². The molecule has 1 aromatic rings. The SMILES string of the molecule is Nc1c(O)ccc(OCC2CC[CH-]CC2)c1N.[CH2-]N.[U+2].